The van der Waals surface area contributed by atoms with Gasteiger partial charge >= 0.3 is 0 Å². The predicted octanol–water partition coefficient (Wildman–Crippen LogP) is 4.78. The van der Waals surface area contributed by atoms with E-state index in [2.05, 4.69) is 16.5 Å². The van der Waals surface area contributed by atoms with Gasteiger partial charge in [0.2, 0.25) is 0 Å². The molecule has 5 nitrogen and oxygen atoms in total. The summed E-state index contributed by atoms with van der Waals surface area (Å²) in [6.45, 7) is 7.92. The minimum atomic E-state index is -1.02. The van der Waals surface area contributed by atoms with Gasteiger partial charge in [0.1, 0.15) is 11.8 Å². The Morgan fingerprint density at radius 1 is 1.29 bits per heavy atom. The van der Waals surface area contributed by atoms with Gasteiger partial charge in [-0.2, -0.15) is 5.10 Å². The third-order valence-corrected chi connectivity index (χ3v) is 5.63. The summed E-state index contributed by atoms with van der Waals surface area (Å²) >= 11 is 7.56. The normalized spacial score (nSPS) is 12.6. The number of thiophene rings is 1. The van der Waals surface area contributed by atoms with Crippen LogP contribution in [0.3, 0.4) is 0 Å². The Kier molecular flexibility index (Phi) is 6.10. The van der Waals surface area contributed by atoms with E-state index >= 15 is 0 Å². The minimum Gasteiger partial charge on any atom is -0.478 e. The Labute approximate surface area is 174 Å². The maximum Gasteiger partial charge on any atom is 0.263 e. The number of nitrogens with zero attached hydrogens (tertiary/aromatic N) is 2. The Bertz CT molecular complexity index is 933. The Hall–Kier alpha value is -2.31. The first-order valence-corrected chi connectivity index (χ1v) is 10.3. The van der Waals surface area contributed by atoms with E-state index < -0.39 is 5.60 Å². The van der Waals surface area contributed by atoms with Crippen LogP contribution < -0.4 is 10.1 Å². The highest BCUT2D eigenvalue weighted by molar-refractivity contribution is 7.10. The highest BCUT2D eigenvalue weighted by Gasteiger charge is 2.31. The van der Waals surface area contributed by atoms with E-state index in [1.807, 2.05) is 36.0 Å². The average Bonchev–Trinajstić information content (AvgIpc) is 3.27. The number of hydrogen-bond acceptors (Lipinski definition) is 4. The maximum absolute atomic E-state index is 12.8. The second-order valence-electron chi connectivity index (χ2n) is 7.18. The lowest BCUT2D eigenvalue weighted by Gasteiger charge is -2.27. The fourth-order valence-electron chi connectivity index (χ4n) is 3.00. The number of halogens is 1. The first kappa shape index (κ1) is 20.4. The van der Waals surface area contributed by atoms with E-state index in [9.17, 15) is 4.79 Å². The number of rotatable bonds is 7. The SMILES string of the molecule is Cc1cc(C)n(C(CNC(=O)C(C)(C)Oc2ccc(Cl)cc2)c2cccs2)n1. The van der Waals surface area contributed by atoms with Crippen LogP contribution >= 0.6 is 22.9 Å². The molecule has 3 aromatic rings. The Morgan fingerprint density at radius 3 is 2.57 bits per heavy atom. The number of amides is 1. The molecule has 0 spiro atoms. The van der Waals surface area contributed by atoms with Gasteiger partial charge in [-0.15, -0.1) is 11.3 Å². The van der Waals surface area contributed by atoms with Crippen molar-refractivity contribution >= 4 is 28.8 Å². The van der Waals surface area contributed by atoms with Gasteiger partial charge in [0, 0.05) is 22.1 Å². The summed E-state index contributed by atoms with van der Waals surface area (Å²) in [5.41, 5.74) is 0.988. The molecule has 0 bridgehead atoms. The average molecular weight is 418 g/mol. The highest BCUT2D eigenvalue weighted by atomic mass is 35.5. The van der Waals surface area contributed by atoms with Crippen molar-refractivity contribution in [1.29, 1.82) is 0 Å². The van der Waals surface area contributed by atoms with Gasteiger partial charge in [0.25, 0.3) is 5.91 Å². The van der Waals surface area contributed by atoms with Crippen molar-refractivity contribution in [2.24, 2.45) is 0 Å². The van der Waals surface area contributed by atoms with Gasteiger partial charge in [0.05, 0.1) is 5.69 Å². The molecular formula is C21H24ClN3O2S. The number of aromatic nitrogens is 2. The number of nitrogens with one attached hydrogen (secondary N) is 1. The van der Waals surface area contributed by atoms with Crippen LogP contribution in [-0.2, 0) is 4.79 Å². The van der Waals surface area contributed by atoms with E-state index in [0.717, 1.165) is 16.3 Å². The molecule has 1 unspecified atom stereocenters. The van der Waals surface area contributed by atoms with E-state index in [-0.39, 0.29) is 11.9 Å². The van der Waals surface area contributed by atoms with Crippen molar-refractivity contribution in [1.82, 2.24) is 15.1 Å². The van der Waals surface area contributed by atoms with Crippen LogP contribution in [0, 0.1) is 13.8 Å². The fourth-order valence-corrected chi connectivity index (χ4v) is 3.93. The summed E-state index contributed by atoms with van der Waals surface area (Å²) in [6.07, 6.45) is 0. The van der Waals surface area contributed by atoms with Gasteiger partial charge in [-0.3, -0.25) is 9.48 Å². The highest BCUT2D eigenvalue weighted by Crippen LogP contribution is 2.25. The van der Waals surface area contributed by atoms with Crippen LogP contribution in [0.5, 0.6) is 5.75 Å². The molecular weight excluding hydrogens is 394 g/mol. The lowest BCUT2D eigenvalue weighted by molar-refractivity contribution is -0.134. The summed E-state index contributed by atoms with van der Waals surface area (Å²) in [6, 6.07) is 13.0. The van der Waals surface area contributed by atoms with E-state index in [1.165, 1.54) is 0 Å². The van der Waals surface area contributed by atoms with Gasteiger partial charge < -0.3 is 10.1 Å². The monoisotopic (exact) mass is 417 g/mol. The van der Waals surface area contributed by atoms with Crippen molar-refractivity contribution in [3.05, 3.63) is 69.1 Å². The molecule has 1 N–H and O–H groups in total. The van der Waals surface area contributed by atoms with Crippen molar-refractivity contribution < 1.29 is 9.53 Å². The molecule has 2 aromatic heterocycles. The van der Waals surface area contributed by atoms with E-state index in [1.54, 1.807) is 49.4 Å². The van der Waals surface area contributed by atoms with Crippen LogP contribution in [0.25, 0.3) is 0 Å². The zero-order valence-corrected chi connectivity index (χ0v) is 18.0. The third kappa shape index (κ3) is 4.75. The second-order valence-corrected chi connectivity index (χ2v) is 8.59. The molecule has 0 aliphatic rings. The molecule has 1 atom stereocenters. The third-order valence-electron chi connectivity index (χ3n) is 4.40. The minimum absolute atomic E-state index is 0.0658. The van der Waals surface area contributed by atoms with Gasteiger partial charge in [-0.05, 0) is 69.5 Å². The molecule has 3 rings (SSSR count). The molecule has 0 saturated heterocycles. The van der Waals surface area contributed by atoms with Crippen LogP contribution in [0.1, 0.15) is 36.2 Å². The molecule has 0 aliphatic carbocycles. The Morgan fingerprint density at radius 2 is 2.00 bits per heavy atom. The van der Waals surface area contributed by atoms with Crippen molar-refractivity contribution in [3.8, 4) is 5.75 Å². The van der Waals surface area contributed by atoms with E-state index in [4.69, 9.17) is 16.3 Å². The van der Waals surface area contributed by atoms with Gasteiger partial charge in [-0.25, -0.2) is 0 Å². The van der Waals surface area contributed by atoms with Gasteiger partial charge in [-0.1, -0.05) is 17.7 Å². The molecule has 148 valence electrons. The summed E-state index contributed by atoms with van der Waals surface area (Å²) in [5.74, 6) is 0.406. The predicted molar refractivity (Wildman–Crippen MR) is 113 cm³/mol. The number of carbonyl (C=O) groups excluding carboxylic acids is 1. The molecule has 1 aromatic carbocycles. The number of hydrogen-bond donors (Lipinski definition) is 1. The standard InChI is InChI=1S/C21H24ClN3O2S/c1-14-12-15(2)25(24-14)18(19-6-5-11-28-19)13-23-20(26)21(3,4)27-17-9-7-16(22)8-10-17/h5-12,18H,13H2,1-4H3,(H,23,26). The van der Waals surface area contributed by atoms with Crippen LogP contribution in [-0.4, -0.2) is 27.8 Å². The molecule has 0 aliphatic heterocycles. The molecule has 0 saturated carbocycles. The molecule has 0 fully saturated rings. The maximum atomic E-state index is 12.8. The lowest BCUT2D eigenvalue weighted by atomic mass is 10.1. The quantitative estimate of drug-likeness (QED) is 0.602. The lowest BCUT2D eigenvalue weighted by Crippen LogP contribution is -2.48. The van der Waals surface area contributed by atoms with Crippen molar-refractivity contribution in [2.75, 3.05) is 6.54 Å². The fraction of sp³-hybridized carbons (Fsp3) is 0.333. The first-order chi connectivity index (χ1) is 13.3. The summed E-state index contributed by atoms with van der Waals surface area (Å²) in [5, 5.41) is 10.3. The van der Waals surface area contributed by atoms with Crippen molar-refractivity contribution in [2.45, 2.75) is 39.3 Å². The zero-order chi connectivity index (χ0) is 20.3. The topological polar surface area (TPSA) is 56.2 Å². The first-order valence-electron chi connectivity index (χ1n) is 9.05. The van der Waals surface area contributed by atoms with Crippen LogP contribution in [0.15, 0.2) is 47.8 Å². The molecule has 1 amide bonds. The zero-order valence-electron chi connectivity index (χ0n) is 16.4. The molecule has 28 heavy (non-hydrogen) atoms. The second kappa shape index (κ2) is 8.37. The smallest absolute Gasteiger partial charge is 0.263 e. The summed E-state index contributed by atoms with van der Waals surface area (Å²) in [4.78, 5) is 14.0. The molecule has 7 heteroatoms. The summed E-state index contributed by atoms with van der Waals surface area (Å²) < 4.78 is 7.85. The number of benzene rings is 1. The number of carbonyl (C=O) groups is 1. The van der Waals surface area contributed by atoms with Gasteiger partial charge in [0.15, 0.2) is 5.60 Å². The van der Waals surface area contributed by atoms with Crippen molar-refractivity contribution in [3.63, 3.8) is 0 Å². The molecule has 2 heterocycles. The van der Waals surface area contributed by atoms with Crippen LogP contribution in [0.4, 0.5) is 0 Å². The van der Waals surface area contributed by atoms with E-state index in [0.29, 0.717) is 17.3 Å². The largest absolute Gasteiger partial charge is 0.478 e. The summed E-state index contributed by atoms with van der Waals surface area (Å²) in [7, 11) is 0. The van der Waals surface area contributed by atoms with Crippen LogP contribution in [0.2, 0.25) is 5.02 Å². The number of ether oxygens (including phenoxy) is 1. The number of aryl methyl sites for hydroxylation is 2. The molecule has 0 radical (unpaired) electrons. The Balaban J connectivity index is 1.72.